The second-order valence-electron chi connectivity index (χ2n) is 10.2. The van der Waals surface area contributed by atoms with E-state index in [4.69, 9.17) is 9.26 Å². The number of sulfonamides is 2. The van der Waals surface area contributed by atoms with Crippen molar-refractivity contribution in [2.24, 2.45) is 5.92 Å². The normalized spacial score (nSPS) is 18.8. The number of aromatic nitrogens is 1. The molecule has 41 heavy (non-hydrogen) atoms. The quantitative estimate of drug-likeness (QED) is 0.373. The Morgan fingerprint density at radius 2 is 1.83 bits per heavy atom. The number of nitrogens with one attached hydrogen (secondary N) is 1. The second kappa shape index (κ2) is 11.8. The van der Waals surface area contributed by atoms with Crippen molar-refractivity contribution < 1.29 is 36.0 Å². The first-order chi connectivity index (χ1) is 19.3. The lowest BCUT2D eigenvalue weighted by Crippen LogP contribution is -2.50. The minimum absolute atomic E-state index is 0.0200. The minimum atomic E-state index is -4.09. The van der Waals surface area contributed by atoms with Gasteiger partial charge in [0.05, 0.1) is 29.7 Å². The second-order valence-corrected chi connectivity index (χ2v) is 13.9. The number of hydrogen-bond donors (Lipinski definition) is 2. The number of carbonyl (C=O) groups excluding carboxylic acids is 1. The molecule has 0 unspecified atom stereocenters. The summed E-state index contributed by atoms with van der Waals surface area (Å²) in [6, 6.07) is 11.8. The zero-order chi connectivity index (χ0) is 30.1. The van der Waals surface area contributed by atoms with E-state index in [1.165, 1.54) is 60.4 Å². The number of aryl methyl sites for hydroxylation is 2. The van der Waals surface area contributed by atoms with Crippen LogP contribution >= 0.6 is 0 Å². The van der Waals surface area contributed by atoms with Gasteiger partial charge in [-0.05, 0) is 51.1 Å². The average molecular weight is 607 g/mol. The van der Waals surface area contributed by atoms with Crippen molar-refractivity contribution in [2.75, 3.05) is 31.5 Å². The summed E-state index contributed by atoms with van der Waals surface area (Å²) in [4.78, 5) is 15.2. The van der Waals surface area contributed by atoms with Crippen LogP contribution in [0.4, 0.5) is 5.69 Å². The van der Waals surface area contributed by atoms with E-state index in [9.17, 15) is 26.7 Å². The first-order valence-electron chi connectivity index (χ1n) is 13.0. The fourth-order valence-corrected chi connectivity index (χ4v) is 7.28. The summed E-state index contributed by atoms with van der Waals surface area (Å²) >= 11 is 0. The maximum atomic E-state index is 13.7. The van der Waals surface area contributed by atoms with Gasteiger partial charge in [-0.1, -0.05) is 30.3 Å². The van der Waals surface area contributed by atoms with E-state index in [1.54, 1.807) is 25.1 Å². The van der Waals surface area contributed by atoms with E-state index in [0.29, 0.717) is 0 Å². The topological polar surface area (TPSA) is 159 Å². The number of aliphatic hydroxyl groups excluding tert-OH is 1. The van der Waals surface area contributed by atoms with Gasteiger partial charge in [-0.15, -0.1) is 0 Å². The Balaban J connectivity index is 1.70. The van der Waals surface area contributed by atoms with Crippen LogP contribution in [-0.4, -0.2) is 81.1 Å². The standard InChI is InChI=1S/C27H34N4O8S2/c1-17-14-31(18(2)16-32)27(33)23-13-21(29-40(34,35)26-19(3)28-39-20(26)4)11-12-24(23)38-25(17)15-30(5)41(36,37)22-9-7-6-8-10-22/h6-13,17-18,25,29,32H,14-16H2,1-5H3/t17-,18+,25+/m0/s1. The summed E-state index contributed by atoms with van der Waals surface area (Å²) in [6.45, 7) is 6.37. The van der Waals surface area contributed by atoms with Crippen molar-refractivity contribution in [2.45, 2.75) is 49.6 Å². The molecule has 2 N–H and O–H groups in total. The predicted octanol–water partition coefficient (Wildman–Crippen LogP) is 2.63. The number of benzene rings is 2. The van der Waals surface area contributed by atoms with E-state index < -0.39 is 38.1 Å². The highest BCUT2D eigenvalue weighted by Crippen LogP contribution is 2.32. The Bertz CT molecular complexity index is 1600. The van der Waals surface area contributed by atoms with Crippen LogP contribution in [0.25, 0.3) is 0 Å². The molecule has 0 saturated carbocycles. The van der Waals surface area contributed by atoms with E-state index >= 15 is 0 Å². The Morgan fingerprint density at radius 3 is 2.44 bits per heavy atom. The molecule has 4 rings (SSSR count). The molecule has 0 fully saturated rings. The predicted molar refractivity (Wildman–Crippen MR) is 151 cm³/mol. The van der Waals surface area contributed by atoms with Crippen LogP contribution in [0.3, 0.4) is 0 Å². The van der Waals surface area contributed by atoms with Crippen LogP contribution in [-0.2, 0) is 20.0 Å². The van der Waals surface area contributed by atoms with E-state index in [0.717, 1.165) is 0 Å². The molecule has 14 heteroatoms. The number of anilines is 1. The van der Waals surface area contributed by atoms with Crippen LogP contribution in [0.5, 0.6) is 5.75 Å². The molecule has 2 heterocycles. The maximum absolute atomic E-state index is 13.7. The number of fused-ring (bicyclic) bond motifs is 1. The van der Waals surface area contributed by atoms with Crippen LogP contribution in [0.2, 0.25) is 0 Å². The highest BCUT2D eigenvalue weighted by molar-refractivity contribution is 7.92. The molecule has 0 radical (unpaired) electrons. The summed E-state index contributed by atoms with van der Waals surface area (Å²) in [5.41, 5.74) is 0.357. The molecule has 0 saturated heterocycles. The molecule has 0 aliphatic carbocycles. The van der Waals surface area contributed by atoms with Crippen LogP contribution in [0.15, 0.2) is 62.8 Å². The largest absolute Gasteiger partial charge is 0.488 e. The van der Waals surface area contributed by atoms with Gasteiger partial charge in [-0.3, -0.25) is 9.52 Å². The maximum Gasteiger partial charge on any atom is 0.267 e. The third kappa shape index (κ3) is 6.25. The third-order valence-corrected chi connectivity index (χ3v) is 10.5. The average Bonchev–Trinajstić information content (AvgIpc) is 3.29. The molecule has 1 amide bonds. The highest BCUT2D eigenvalue weighted by Gasteiger charge is 2.35. The van der Waals surface area contributed by atoms with E-state index in [1.807, 2.05) is 6.92 Å². The molecule has 0 spiro atoms. The van der Waals surface area contributed by atoms with Crippen LogP contribution in [0, 0.1) is 19.8 Å². The molecule has 1 aromatic heterocycles. The summed E-state index contributed by atoms with van der Waals surface area (Å²) in [7, 11) is -6.45. The fraction of sp³-hybridized carbons (Fsp3) is 0.407. The fourth-order valence-electron chi connectivity index (χ4n) is 4.69. The third-order valence-electron chi connectivity index (χ3n) is 7.04. The summed E-state index contributed by atoms with van der Waals surface area (Å²) in [5.74, 6) is -0.509. The monoisotopic (exact) mass is 606 g/mol. The number of carbonyl (C=O) groups is 1. The number of ether oxygens (including phenoxy) is 1. The van der Waals surface area contributed by atoms with Gasteiger partial charge in [0.25, 0.3) is 15.9 Å². The van der Waals surface area contributed by atoms with Gasteiger partial charge in [0.1, 0.15) is 17.5 Å². The molecule has 12 nitrogen and oxygen atoms in total. The Morgan fingerprint density at radius 1 is 1.15 bits per heavy atom. The van der Waals surface area contributed by atoms with Crippen LogP contribution in [0.1, 0.15) is 35.7 Å². The van der Waals surface area contributed by atoms with Gasteiger partial charge >= 0.3 is 0 Å². The molecule has 3 atom stereocenters. The first-order valence-corrected chi connectivity index (χ1v) is 15.9. The lowest BCUT2D eigenvalue weighted by atomic mass is 9.99. The molecular formula is C27H34N4O8S2. The SMILES string of the molecule is Cc1noc(C)c1S(=O)(=O)Nc1ccc2c(c1)C(=O)N([C@H](C)CO)C[C@H](C)[C@@H](CN(C)S(=O)(=O)c1ccccc1)O2. The molecule has 222 valence electrons. The minimum Gasteiger partial charge on any atom is -0.488 e. The zero-order valence-corrected chi connectivity index (χ0v) is 25.1. The number of hydrogen-bond acceptors (Lipinski definition) is 9. The van der Waals surface area contributed by atoms with E-state index in [2.05, 4.69) is 9.88 Å². The number of aliphatic hydroxyl groups is 1. The lowest BCUT2D eigenvalue weighted by molar-refractivity contribution is 0.0387. The molecule has 1 aliphatic rings. The summed E-state index contributed by atoms with van der Waals surface area (Å²) < 4.78 is 67.5. The summed E-state index contributed by atoms with van der Waals surface area (Å²) in [6.07, 6.45) is -0.677. The smallest absolute Gasteiger partial charge is 0.267 e. The molecule has 3 aromatic rings. The highest BCUT2D eigenvalue weighted by atomic mass is 32.2. The van der Waals surface area contributed by atoms with Crippen molar-refractivity contribution in [3.63, 3.8) is 0 Å². The Labute approximate surface area is 240 Å². The Kier molecular flexibility index (Phi) is 8.78. The van der Waals surface area contributed by atoms with Crippen molar-refractivity contribution in [3.8, 4) is 5.75 Å². The number of amides is 1. The van der Waals surface area contributed by atoms with Crippen molar-refractivity contribution in [3.05, 3.63) is 65.5 Å². The molecular weight excluding hydrogens is 572 g/mol. The van der Waals surface area contributed by atoms with E-state index in [-0.39, 0.29) is 63.9 Å². The molecule has 1 aliphatic heterocycles. The number of rotatable bonds is 9. The molecule has 0 bridgehead atoms. The summed E-state index contributed by atoms with van der Waals surface area (Å²) in [5, 5.41) is 13.6. The van der Waals surface area contributed by atoms with Gasteiger partial charge in [-0.2, -0.15) is 4.31 Å². The van der Waals surface area contributed by atoms with Gasteiger partial charge < -0.3 is 19.3 Å². The van der Waals surface area contributed by atoms with Crippen molar-refractivity contribution in [1.29, 1.82) is 0 Å². The van der Waals surface area contributed by atoms with Gasteiger partial charge in [0.15, 0.2) is 10.7 Å². The lowest BCUT2D eigenvalue weighted by Gasteiger charge is -2.38. The van der Waals surface area contributed by atoms with Gasteiger partial charge in [0, 0.05) is 25.2 Å². The first kappa shape index (κ1) is 30.5. The van der Waals surface area contributed by atoms with Gasteiger partial charge in [-0.25, -0.2) is 16.8 Å². The number of likely N-dealkylation sites (N-methyl/N-ethyl adjacent to an activating group) is 1. The van der Waals surface area contributed by atoms with Gasteiger partial charge in [0.2, 0.25) is 10.0 Å². The molecule has 2 aromatic carbocycles. The van der Waals surface area contributed by atoms with Crippen LogP contribution < -0.4 is 9.46 Å². The zero-order valence-electron chi connectivity index (χ0n) is 23.4. The van der Waals surface area contributed by atoms with Crippen molar-refractivity contribution >= 4 is 31.6 Å². The van der Waals surface area contributed by atoms with Crippen molar-refractivity contribution in [1.82, 2.24) is 14.4 Å². The number of nitrogens with zero attached hydrogens (tertiary/aromatic N) is 3. The Hall–Kier alpha value is -3.46.